The molecule has 4 aromatic rings. The topological polar surface area (TPSA) is 98.5 Å². The molecule has 1 aliphatic carbocycles. The Kier molecular flexibility index (Phi) is 6.81. The molecule has 6 nitrogen and oxygen atoms in total. The molecule has 0 aliphatic heterocycles. The second kappa shape index (κ2) is 10.2. The highest BCUT2D eigenvalue weighted by Gasteiger charge is 2.45. The number of Topliss-reactive ketones (excluding diaryl/α,β-unsaturated/α-hetero) is 1. The Morgan fingerprint density at radius 3 is 1.90 bits per heavy atom. The first-order chi connectivity index (χ1) is 18.7. The molecule has 2 atom stereocenters. The van der Waals surface area contributed by atoms with Crippen molar-refractivity contribution in [1.29, 1.82) is 5.26 Å². The summed E-state index contributed by atoms with van der Waals surface area (Å²) in [6.07, 6.45) is 0. The number of aliphatic hydroxyl groups is 1. The first-order valence-corrected chi connectivity index (χ1v) is 13.9. The Morgan fingerprint density at radius 2 is 1.33 bits per heavy atom. The number of allylic oxidation sites excluding steroid dienone is 1. The van der Waals surface area contributed by atoms with Crippen LogP contribution in [0.2, 0.25) is 0 Å². The van der Waals surface area contributed by atoms with E-state index in [1.807, 2.05) is 31.1 Å². The minimum absolute atomic E-state index is 0.0302. The first kappa shape index (κ1) is 26.0. The summed E-state index contributed by atoms with van der Waals surface area (Å²) in [6.45, 7) is 0. The number of anilines is 1. The van der Waals surface area contributed by atoms with Gasteiger partial charge in [0.2, 0.25) is 0 Å². The zero-order chi connectivity index (χ0) is 27.7. The predicted molar refractivity (Wildman–Crippen MR) is 151 cm³/mol. The van der Waals surface area contributed by atoms with Crippen LogP contribution in [0.15, 0.2) is 114 Å². The zero-order valence-electron chi connectivity index (χ0n) is 21.4. The number of ketones is 1. The third-order valence-electron chi connectivity index (χ3n) is 7.08. The summed E-state index contributed by atoms with van der Waals surface area (Å²) in [6, 6.07) is 30.5. The molecule has 0 amide bonds. The van der Waals surface area contributed by atoms with E-state index >= 15 is 0 Å². The molecular formula is C32H26N2O4S. The molecule has 7 heteroatoms. The number of sulfone groups is 1. The molecule has 5 rings (SSSR count). The van der Waals surface area contributed by atoms with Crippen LogP contribution >= 0.6 is 0 Å². The van der Waals surface area contributed by atoms with Crippen molar-refractivity contribution in [2.24, 2.45) is 0 Å². The lowest BCUT2D eigenvalue weighted by atomic mass is 9.83. The van der Waals surface area contributed by atoms with Gasteiger partial charge in [-0.3, -0.25) is 4.79 Å². The van der Waals surface area contributed by atoms with Crippen LogP contribution in [-0.4, -0.2) is 33.4 Å². The summed E-state index contributed by atoms with van der Waals surface area (Å²) in [5, 5.41) is 19.5. The number of nitrogens with zero attached hydrogens (tertiary/aromatic N) is 2. The molecule has 0 bridgehead atoms. The zero-order valence-corrected chi connectivity index (χ0v) is 22.3. The largest absolute Gasteiger partial charge is 0.507 e. The molecule has 1 aliphatic rings. The minimum Gasteiger partial charge on any atom is -0.507 e. The number of carbonyl (C=O) groups is 1. The number of fused-ring (bicyclic) bond motifs is 1. The van der Waals surface area contributed by atoms with Gasteiger partial charge in [0.1, 0.15) is 11.0 Å². The molecule has 0 radical (unpaired) electrons. The number of rotatable bonds is 7. The fourth-order valence-corrected chi connectivity index (χ4v) is 7.10. The van der Waals surface area contributed by atoms with Crippen molar-refractivity contribution in [3.8, 4) is 6.07 Å². The summed E-state index contributed by atoms with van der Waals surface area (Å²) in [5.74, 6) is -1.68. The Balaban J connectivity index is 1.81. The highest BCUT2D eigenvalue weighted by Crippen LogP contribution is 2.49. The molecule has 39 heavy (non-hydrogen) atoms. The maximum atomic E-state index is 14.4. The number of aliphatic hydroxyl groups excluding tert-OH is 1. The Bertz CT molecular complexity index is 1720. The summed E-state index contributed by atoms with van der Waals surface area (Å²) < 4.78 is 28.9. The fraction of sp³-hybridized carbons (Fsp3) is 0.125. The third-order valence-corrected chi connectivity index (χ3v) is 9.23. The molecule has 0 spiro atoms. The highest BCUT2D eigenvalue weighted by molar-refractivity contribution is 7.91. The molecule has 0 saturated heterocycles. The van der Waals surface area contributed by atoms with E-state index in [4.69, 9.17) is 0 Å². The van der Waals surface area contributed by atoms with Crippen molar-refractivity contribution in [1.82, 2.24) is 0 Å². The predicted octanol–water partition coefficient (Wildman–Crippen LogP) is 6.09. The van der Waals surface area contributed by atoms with Gasteiger partial charge in [0.15, 0.2) is 15.6 Å². The van der Waals surface area contributed by atoms with Gasteiger partial charge in [0, 0.05) is 36.8 Å². The van der Waals surface area contributed by atoms with Gasteiger partial charge < -0.3 is 10.0 Å². The maximum Gasteiger partial charge on any atom is 0.194 e. The van der Waals surface area contributed by atoms with E-state index in [2.05, 4.69) is 6.07 Å². The van der Waals surface area contributed by atoms with Crippen LogP contribution in [0.1, 0.15) is 43.8 Å². The van der Waals surface area contributed by atoms with Gasteiger partial charge in [-0.2, -0.15) is 5.26 Å². The molecule has 0 fully saturated rings. The molecule has 1 N–H and O–H groups in total. The quantitative estimate of drug-likeness (QED) is 0.308. The van der Waals surface area contributed by atoms with Crippen molar-refractivity contribution in [2.75, 3.05) is 19.0 Å². The summed E-state index contributed by atoms with van der Waals surface area (Å²) in [7, 11) is -0.310. The lowest BCUT2D eigenvalue weighted by molar-refractivity contribution is 0.103. The van der Waals surface area contributed by atoms with E-state index in [0.29, 0.717) is 27.8 Å². The molecule has 194 valence electrons. The Morgan fingerprint density at radius 1 is 0.769 bits per heavy atom. The highest BCUT2D eigenvalue weighted by atomic mass is 32.2. The van der Waals surface area contributed by atoms with Gasteiger partial charge in [-0.25, -0.2) is 8.42 Å². The Labute approximate surface area is 228 Å². The number of hydrogen-bond acceptors (Lipinski definition) is 6. The van der Waals surface area contributed by atoms with Gasteiger partial charge >= 0.3 is 0 Å². The lowest BCUT2D eigenvalue weighted by Gasteiger charge is -2.29. The van der Waals surface area contributed by atoms with Crippen LogP contribution in [0.5, 0.6) is 0 Å². The Hall–Kier alpha value is -4.67. The van der Waals surface area contributed by atoms with Gasteiger partial charge in [-0.15, -0.1) is 0 Å². The van der Waals surface area contributed by atoms with Gasteiger partial charge in [-0.1, -0.05) is 66.7 Å². The van der Waals surface area contributed by atoms with Crippen LogP contribution in [0.4, 0.5) is 5.69 Å². The average molecular weight is 535 g/mol. The van der Waals surface area contributed by atoms with Crippen LogP contribution in [-0.2, 0) is 9.84 Å². The second-order valence-electron chi connectivity index (χ2n) is 9.61. The van der Waals surface area contributed by atoms with Gasteiger partial charge in [0.05, 0.1) is 22.1 Å². The van der Waals surface area contributed by atoms with E-state index in [0.717, 1.165) is 5.69 Å². The van der Waals surface area contributed by atoms with Crippen molar-refractivity contribution in [3.63, 3.8) is 0 Å². The van der Waals surface area contributed by atoms with Crippen molar-refractivity contribution < 1.29 is 18.3 Å². The minimum atomic E-state index is -4.11. The standard InChI is InChI=1S/C32H26N2O4S/c1-34(2)24-18-16-22(17-19-24)28(29-30(35)26-10-6-7-11-27(26)31(29)36)32(23-14-12-21(20-33)13-15-23)39(37,38)25-8-4-3-5-9-25/h3-19,28,32,35H,1-2H3. The molecular weight excluding hydrogens is 508 g/mol. The molecule has 0 saturated carbocycles. The maximum absolute atomic E-state index is 14.4. The lowest BCUT2D eigenvalue weighted by Crippen LogP contribution is -2.25. The summed E-state index contributed by atoms with van der Waals surface area (Å²) in [4.78, 5) is 15.8. The van der Waals surface area contributed by atoms with Crippen LogP contribution in [0, 0.1) is 11.3 Å². The van der Waals surface area contributed by atoms with E-state index in [1.165, 1.54) is 12.1 Å². The van der Waals surface area contributed by atoms with Crippen LogP contribution < -0.4 is 4.90 Å². The monoisotopic (exact) mass is 534 g/mol. The summed E-state index contributed by atoms with van der Waals surface area (Å²) in [5.41, 5.74) is 2.99. The van der Waals surface area contributed by atoms with Crippen molar-refractivity contribution in [2.45, 2.75) is 16.1 Å². The molecule has 2 unspecified atom stereocenters. The molecule has 0 heterocycles. The van der Waals surface area contributed by atoms with E-state index in [1.54, 1.807) is 78.9 Å². The number of benzene rings is 4. The summed E-state index contributed by atoms with van der Waals surface area (Å²) >= 11 is 0. The third kappa shape index (κ3) is 4.60. The first-order valence-electron chi connectivity index (χ1n) is 12.4. The number of carbonyl (C=O) groups excluding carboxylic acids is 1. The van der Waals surface area contributed by atoms with E-state index < -0.39 is 26.8 Å². The normalized spacial score (nSPS) is 14.4. The van der Waals surface area contributed by atoms with Crippen LogP contribution in [0.3, 0.4) is 0 Å². The van der Waals surface area contributed by atoms with E-state index in [-0.39, 0.29) is 16.2 Å². The van der Waals surface area contributed by atoms with Gasteiger partial charge in [-0.05, 0) is 47.5 Å². The number of hydrogen-bond donors (Lipinski definition) is 1. The van der Waals surface area contributed by atoms with Gasteiger partial charge in [0.25, 0.3) is 0 Å². The van der Waals surface area contributed by atoms with Crippen molar-refractivity contribution >= 4 is 27.1 Å². The van der Waals surface area contributed by atoms with Crippen LogP contribution in [0.25, 0.3) is 5.76 Å². The second-order valence-corrected chi connectivity index (χ2v) is 11.7. The number of nitriles is 1. The smallest absolute Gasteiger partial charge is 0.194 e. The molecule has 0 aromatic heterocycles. The van der Waals surface area contributed by atoms with E-state index in [9.17, 15) is 23.6 Å². The molecule has 4 aromatic carbocycles. The SMILES string of the molecule is CN(C)c1ccc(C(C2=C(O)c3ccccc3C2=O)C(c2ccc(C#N)cc2)S(=O)(=O)c2ccccc2)cc1. The van der Waals surface area contributed by atoms with Crippen molar-refractivity contribution in [3.05, 3.63) is 137 Å². The fourth-order valence-electron chi connectivity index (χ4n) is 5.10. The average Bonchev–Trinajstić information content (AvgIpc) is 3.21.